The standard InChI is InChI=1S/C22H25N3O2/c1-23-14-15-25(20(16-23)17-6-3-2-4-7-17)22(27)18-9-11-19(12-10-18)24-13-5-8-21(24)26/h2-4,6-7,9-12,20H,5,8,13-16H2,1H3/t20-/m0/s1. The summed E-state index contributed by atoms with van der Waals surface area (Å²) in [4.78, 5) is 31.2. The third-order valence-corrected chi connectivity index (χ3v) is 5.53. The highest BCUT2D eigenvalue weighted by Gasteiger charge is 2.31. The first-order chi connectivity index (χ1) is 13.1. The van der Waals surface area contributed by atoms with Crippen molar-refractivity contribution in [3.8, 4) is 0 Å². The van der Waals surface area contributed by atoms with Gasteiger partial charge >= 0.3 is 0 Å². The molecule has 0 aromatic heterocycles. The van der Waals surface area contributed by atoms with Crippen LogP contribution in [0.1, 0.15) is 34.8 Å². The molecule has 2 amide bonds. The van der Waals surface area contributed by atoms with Crippen LogP contribution in [0.15, 0.2) is 54.6 Å². The number of nitrogens with zero attached hydrogens (tertiary/aromatic N) is 3. The molecule has 2 heterocycles. The Balaban J connectivity index is 1.56. The van der Waals surface area contributed by atoms with E-state index >= 15 is 0 Å². The SMILES string of the molecule is CN1CCN(C(=O)c2ccc(N3CCCC3=O)cc2)[C@H](c2ccccc2)C1. The molecule has 0 aliphatic carbocycles. The topological polar surface area (TPSA) is 43.9 Å². The van der Waals surface area contributed by atoms with E-state index in [9.17, 15) is 9.59 Å². The molecule has 1 atom stereocenters. The van der Waals surface area contributed by atoms with Gasteiger partial charge in [-0.2, -0.15) is 0 Å². The number of rotatable bonds is 3. The molecule has 2 fully saturated rings. The first-order valence-electron chi connectivity index (χ1n) is 9.58. The minimum atomic E-state index is 0.0521. The number of benzene rings is 2. The number of amides is 2. The molecule has 4 rings (SSSR count). The Kier molecular flexibility index (Phi) is 4.94. The summed E-state index contributed by atoms with van der Waals surface area (Å²) >= 11 is 0. The smallest absolute Gasteiger partial charge is 0.254 e. The van der Waals surface area contributed by atoms with Gasteiger partial charge in [-0.25, -0.2) is 0 Å². The summed E-state index contributed by atoms with van der Waals surface area (Å²) < 4.78 is 0. The van der Waals surface area contributed by atoms with Gasteiger partial charge in [-0.15, -0.1) is 0 Å². The van der Waals surface area contributed by atoms with Gasteiger partial charge < -0.3 is 14.7 Å². The van der Waals surface area contributed by atoms with E-state index in [4.69, 9.17) is 0 Å². The third-order valence-electron chi connectivity index (χ3n) is 5.53. The normalized spacial score (nSPS) is 20.9. The van der Waals surface area contributed by atoms with Gasteiger partial charge in [0.05, 0.1) is 6.04 Å². The third kappa shape index (κ3) is 3.60. The quantitative estimate of drug-likeness (QED) is 0.842. The summed E-state index contributed by atoms with van der Waals surface area (Å²) in [6, 6.07) is 17.8. The van der Waals surface area contributed by atoms with Crippen LogP contribution in [-0.2, 0) is 4.79 Å². The van der Waals surface area contributed by atoms with Crippen LogP contribution in [0.5, 0.6) is 0 Å². The summed E-state index contributed by atoms with van der Waals surface area (Å²) in [5, 5.41) is 0. The van der Waals surface area contributed by atoms with Gasteiger partial charge in [0.2, 0.25) is 5.91 Å². The van der Waals surface area contributed by atoms with Gasteiger partial charge in [-0.1, -0.05) is 30.3 Å². The van der Waals surface area contributed by atoms with Crippen molar-refractivity contribution in [1.82, 2.24) is 9.80 Å². The molecule has 0 radical (unpaired) electrons. The van der Waals surface area contributed by atoms with Crippen molar-refractivity contribution in [3.63, 3.8) is 0 Å². The Hall–Kier alpha value is -2.66. The van der Waals surface area contributed by atoms with Crippen LogP contribution in [-0.4, -0.2) is 54.8 Å². The predicted molar refractivity (Wildman–Crippen MR) is 106 cm³/mol. The van der Waals surface area contributed by atoms with Crippen LogP contribution < -0.4 is 4.90 Å². The van der Waals surface area contributed by atoms with Crippen LogP contribution in [0.4, 0.5) is 5.69 Å². The fraction of sp³-hybridized carbons (Fsp3) is 0.364. The van der Waals surface area contributed by atoms with Gasteiger partial charge in [-0.3, -0.25) is 9.59 Å². The second kappa shape index (κ2) is 7.53. The molecule has 2 aliphatic rings. The first-order valence-corrected chi connectivity index (χ1v) is 9.58. The van der Waals surface area contributed by atoms with Crippen molar-refractivity contribution in [3.05, 3.63) is 65.7 Å². The Morgan fingerprint density at radius 3 is 2.37 bits per heavy atom. The minimum Gasteiger partial charge on any atom is -0.329 e. The molecule has 2 saturated heterocycles. The van der Waals surface area contributed by atoms with Gasteiger partial charge in [0.25, 0.3) is 5.91 Å². The van der Waals surface area contributed by atoms with Crippen LogP contribution in [0.2, 0.25) is 0 Å². The molecule has 5 nitrogen and oxygen atoms in total. The molecule has 0 saturated carbocycles. The van der Waals surface area contributed by atoms with Crippen molar-refractivity contribution < 1.29 is 9.59 Å². The highest BCUT2D eigenvalue weighted by atomic mass is 16.2. The number of anilines is 1. The zero-order valence-electron chi connectivity index (χ0n) is 15.7. The van der Waals surface area contributed by atoms with Gasteiger partial charge in [0.15, 0.2) is 0 Å². The average molecular weight is 363 g/mol. The number of likely N-dealkylation sites (N-methyl/N-ethyl adjacent to an activating group) is 1. The number of hydrogen-bond donors (Lipinski definition) is 0. The molecular formula is C22H25N3O2. The Morgan fingerprint density at radius 1 is 0.963 bits per heavy atom. The van der Waals surface area contributed by atoms with Crippen LogP contribution in [0.25, 0.3) is 0 Å². The second-order valence-corrected chi connectivity index (χ2v) is 7.38. The summed E-state index contributed by atoms with van der Waals surface area (Å²) in [5.74, 6) is 0.216. The second-order valence-electron chi connectivity index (χ2n) is 7.38. The fourth-order valence-corrected chi connectivity index (χ4v) is 3.99. The molecular weight excluding hydrogens is 338 g/mol. The van der Waals surface area contributed by atoms with Gasteiger partial charge in [0.1, 0.15) is 0 Å². The zero-order valence-corrected chi connectivity index (χ0v) is 15.7. The first kappa shape index (κ1) is 17.7. The summed E-state index contributed by atoms with van der Waals surface area (Å²) in [6.45, 7) is 3.17. The van der Waals surface area contributed by atoms with Crippen LogP contribution in [0, 0.1) is 0 Å². The van der Waals surface area contributed by atoms with E-state index in [1.165, 1.54) is 0 Å². The average Bonchev–Trinajstić information content (AvgIpc) is 3.14. The number of piperazine rings is 1. The Morgan fingerprint density at radius 2 is 1.70 bits per heavy atom. The van der Waals surface area contributed by atoms with E-state index in [1.54, 1.807) is 4.90 Å². The molecule has 0 N–H and O–H groups in total. The van der Waals surface area contributed by atoms with Crippen LogP contribution in [0.3, 0.4) is 0 Å². The lowest BCUT2D eigenvalue weighted by molar-refractivity contribution is -0.117. The van der Waals surface area contributed by atoms with E-state index in [-0.39, 0.29) is 17.9 Å². The lowest BCUT2D eigenvalue weighted by atomic mass is 10.0. The number of carbonyl (C=O) groups is 2. The highest BCUT2D eigenvalue weighted by molar-refractivity contribution is 5.97. The maximum atomic E-state index is 13.2. The van der Waals surface area contributed by atoms with Gasteiger partial charge in [-0.05, 0) is 43.3 Å². The molecule has 0 bridgehead atoms. The Bertz CT molecular complexity index is 819. The minimum absolute atomic E-state index is 0.0521. The molecule has 0 spiro atoms. The molecule has 0 unspecified atom stereocenters. The van der Waals surface area contributed by atoms with Crippen molar-refractivity contribution in [2.45, 2.75) is 18.9 Å². The molecule has 140 valence electrons. The molecule has 5 heteroatoms. The Labute approximate surface area is 160 Å². The number of carbonyl (C=O) groups excluding carboxylic acids is 2. The lowest BCUT2D eigenvalue weighted by Crippen LogP contribution is -2.49. The van der Waals surface area contributed by atoms with Crippen molar-refractivity contribution in [1.29, 1.82) is 0 Å². The largest absolute Gasteiger partial charge is 0.329 e. The molecule has 2 aromatic rings. The fourth-order valence-electron chi connectivity index (χ4n) is 3.99. The van der Waals surface area contributed by atoms with Crippen molar-refractivity contribution in [2.75, 3.05) is 38.1 Å². The number of hydrogen-bond acceptors (Lipinski definition) is 3. The molecule has 27 heavy (non-hydrogen) atoms. The van der Waals surface area contributed by atoms with E-state index in [2.05, 4.69) is 24.1 Å². The monoisotopic (exact) mass is 363 g/mol. The van der Waals surface area contributed by atoms with Crippen molar-refractivity contribution in [2.24, 2.45) is 0 Å². The van der Waals surface area contributed by atoms with Gasteiger partial charge in [0, 0.05) is 43.9 Å². The molecule has 2 aliphatic heterocycles. The van der Waals surface area contributed by atoms with E-state index in [0.29, 0.717) is 18.5 Å². The highest BCUT2D eigenvalue weighted by Crippen LogP contribution is 2.28. The maximum absolute atomic E-state index is 13.2. The summed E-state index contributed by atoms with van der Waals surface area (Å²) in [7, 11) is 2.10. The summed E-state index contributed by atoms with van der Waals surface area (Å²) in [5.41, 5.74) is 2.72. The van der Waals surface area contributed by atoms with E-state index in [1.807, 2.05) is 47.4 Å². The lowest BCUT2D eigenvalue weighted by Gasteiger charge is -2.40. The maximum Gasteiger partial charge on any atom is 0.254 e. The van der Waals surface area contributed by atoms with Crippen LogP contribution >= 0.6 is 0 Å². The van der Waals surface area contributed by atoms with E-state index < -0.39 is 0 Å². The van der Waals surface area contributed by atoms with Crippen molar-refractivity contribution >= 4 is 17.5 Å². The summed E-state index contributed by atoms with van der Waals surface area (Å²) in [6.07, 6.45) is 1.51. The van der Waals surface area contributed by atoms with E-state index in [0.717, 1.165) is 37.3 Å². The predicted octanol–water partition coefficient (Wildman–Crippen LogP) is 2.94. The molecule has 2 aromatic carbocycles. The zero-order chi connectivity index (χ0) is 18.8.